The zero-order valence-electron chi connectivity index (χ0n) is 9.19. The molecule has 0 atom stereocenters. The van der Waals surface area contributed by atoms with Crippen LogP contribution in [0, 0.1) is 0 Å². The highest BCUT2D eigenvalue weighted by Gasteiger charge is 2.12. The summed E-state index contributed by atoms with van der Waals surface area (Å²) >= 11 is 0. The SMILES string of the molecule is CCC[NH+](CCC)N(CC)CC. The van der Waals surface area contributed by atoms with Crippen LogP contribution in [0.2, 0.25) is 0 Å². The average molecular weight is 173 g/mol. The Labute approximate surface area is 77.5 Å². The minimum Gasteiger partial charge on any atom is -0.255 e. The summed E-state index contributed by atoms with van der Waals surface area (Å²) in [5.41, 5.74) is 0. The quantitative estimate of drug-likeness (QED) is 0.563. The smallest absolute Gasteiger partial charge is 0.0945 e. The van der Waals surface area contributed by atoms with Gasteiger partial charge in [-0.3, -0.25) is 5.01 Å². The Balaban J connectivity index is 3.86. The summed E-state index contributed by atoms with van der Waals surface area (Å²) in [6.07, 6.45) is 2.57. The summed E-state index contributed by atoms with van der Waals surface area (Å²) in [7, 11) is 0. The Morgan fingerprint density at radius 1 is 0.833 bits per heavy atom. The first-order chi connectivity index (χ1) is 5.79. The van der Waals surface area contributed by atoms with Crippen LogP contribution in [-0.4, -0.2) is 31.2 Å². The van der Waals surface area contributed by atoms with Crippen molar-refractivity contribution in [1.82, 2.24) is 5.01 Å². The Morgan fingerprint density at radius 2 is 1.25 bits per heavy atom. The maximum Gasteiger partial charge on any atom is 0.0945 e. The molecule has 0 aliphatic rings. The van der Waals surface area contributed by atoms with Crippen molar-refractivity contribution in [3.05, 3.63) is 0 Å². The van der Waals surface area contributed by atoms with Gasteiger partial charge in [0.1, 0.15) is 0 Å². The van der Waals surface area contributed by atoms with Gasteiger partial charge in [-0.2, -0.15) is 5.01 Å². The predicted molar refractivity (Wildman–Crippen MR) is 54.2 cm³/mol. The maximum absolute atomic E-state index is 2.51. The molecule has 12 heavy (non-hydrogen) atoms. The molecule has 0 radical (unpaired) electrons. The van der Waals surface area contributed by atoms with Crippen LogP contribution in [0.25, 0.3) is 0 Å². The minimum absolute atomic E-state index is 1.17. The molecule has 1 N–H and O–H groups in total. The van der Waals surface area contributed by atoms with Crippen LogP contribution in [0.15, 0.2) is 0 Å². The lowest BCUT2D eigenvalue weighted by Gasteiger charge is -2.28. The lowest BCUT2D eigenvalue weighted by atomic mass is 10.4. The molecule has 74 valence electrons. The largest absolute Gasteiger partial charge is 0.255 e. The van der Waals surface area contributed by atoms with Gasteiger partial charge in [-0.25, -0.2) is 0 Å². The van der Waals surface area contributed by atoms with E-state index in [0.717, 1.165) is 0 Å². The molecule has 0 amide bonds. The Kier molecular flexibility index (Phi) is 7.51. The van der Waals surface area contributed by atoms with Crippen LogP contribution in [-0.2, 0) is 0 Å². The van der Waals surface area contributed by atoms with Gasteiger partial charge in [0.05, 0.1) is 13.1 Å². The highest BCUT2D eigenvalue weighted by Crippen LogP contribution is 1.77. The molecule has 0 spiro atoms. The van der Waals surface area contributed by atoms with Crippen molar-refractivity contribution in [3.63, 3.8) is 0 Å². The second-order valence-electron chi connectivity index (χ2n) is 3.24. The molecule has 0 aliphatic carbocycles. The average Bonchev–Trinajstić information content (AvgIpc) is 2.07. The van der Waals surface area contributed by atoms with E-state index < -0.39 is 0 Å². The summed E-state index contributed by atoms with van der Waals surface area (Å²) in [5, 5.41) is 4.16. The standard InChI is InChI=1S/C10H24N2/c1-5-9-12(10-6-2)11(7-3)8-4/h5-10H2,1-4H3/p+1. The van der Waals surface area contributed by atoms with Crippen LogP contribution in [0.5, 0.6) is 0 Å². The van der Waals surface area contributed by atoms with Crippen molar-refractivity contribution in [2.45, 2.75) is 40.5 Å². The molecule has 0 fully saturated rings. The highest BCUT2D eigenvalue weighted by atomic mass is 15.6. The molecule has 0 bridgehead atoms. The van der Waals surface area contributed by atoms with E-state index in [1.807, 2.05) is 0 Å². The zero-order chi connectivity index (χ0) is 9.40. The molecule has 2 nitrogen and oxygen atoms in total. The Morgan fingerprint density at radius 3 is 1.50 bits per heavy atom. The highest BCUT2D eigenvalue weighted by molar-refractivity contribution is 4.34. The lowest BCUT2D eigenvalue weighted by Crippen LogP contribution is -3.18. The Bertz CT molecular complexity index is 83.8. The second kappa shape index (κ2) is 7.56. The Hall–Kier alpha value is -0.0800. The fourth-order valence-electron chi connectivity index (χ4n) is 1.69. The van der Waals surface area contributed by atoms with E-state index in [1.54, 1.807) is 5.01 Å². The van der Waals surface area contributed by atoms with Gasteiger partial charge in [0.2, 0.25) is 0 Å². The number of rotatable bonds is 7. The monoisotopic (exact) mass is 173 g/mol. The third-order valence-corrected chi connectivity index (χ3v) is 2.29. The number of hydrogen-bond acceptors (Lipinski definition) is 1. The van der Waals surface area contributed by atoms with Gasteiger partial charge in [-0.1, -0.05) is 13.8 Å². The topological polar surface area (TPSA) is 7.68 Å². The minimum atomic E-state index is 1.17. The number of quaternary nitrogens is 1. The molecular formula is C10H25N2+. The summed E-state index contributed by atoms with van der Waals surface area (Å²) in [4.78, 5) is 0. The molecule has 0 rings (SSSR count). The number of nitrogens with zero attached hydrogens (tertiary/aromatic N) is 1. The van der Waals surface area contributed by atoms with E-state index >= 15 is 0 Å². The van der Waals surface area contributed by atoms with Crippen LogP contribution in [0.1, 0.15) is 40.5 Å². The molecule has 0 heterocycles. The van der Waals surface area contributed by atoms with E-state index in [9.17, 15) is 0 Å². The van der Waals surface area contributed by atoms with Crippen molar-refractivity contribution < 1.29 is 5.01 Å². The first-order valence-electron chi connectivity index (χ1n) is 5.39. The van der Waals surface area contributed by atoms with Crippen molar-refractivity contribution in [2.24, 2.45) is 0 Å². The van der Waals surface area contributed by atoms with Crippen molar-refractivity contribution in [3.8, 4) is 0 Å². The normalized spacial score (nSPS) is 11.5. The van der Waals surface area contributed by atoms with Crippen LogP contribution >= 0.6 is 0 Å². The third-order valence-electron chi connectivity index (χ3n) is 2.29. The molecule has 2 heteroatoms. The van der Waals surface area contributed by atoms with Crippen molar-refractivity contribution in [1.29, 1.82) is 0 Å². The van der Waals surface area contributed by atoms with Gasteiger partial charge in [-0.05, 0) is 26.7 Å². The fraction of sp³-hybridized carbons (Fsp3) is 1.00. The van der Waals surface area contributed by atoms with E-state index in [1.165, 1.54) is 39.0 Å². The van der Waals surface area contributed by atoms with Gasteiger partial charge < -0.3 is 0 Å². The molecule has 0 saturated carbocycles. The van der Waals surface area contributed by atoms with Gasteiger partial charge >= 0.3 is 0 Å². The first-order valence-corrected chi connectivity index (χ1v) is 5.39. The molecule has 0 saturated heterocycles. The van der Waals surface area contributed by atoms with E-state index in [4.69, 9.17) is 0 Å². The first kappa shape index (κ1) is 11.9. The molecule has 0 aromatic rings. The van der Waals surface area contributed by atoms with Gasteiger partial charge in [0.15, 0.2) is 0 Å². The van der Waals surface area contributed by atoms with E-state index in [0.29, 0.717) is 0 Å². The molecule has 0 aromatic carbocycles. The molecule has 0 aliphatic heterocycles. The summed E-state index contributed by atoms with van der Waals surface area (Å²) in [6.45, 7) is 13.9. The summed E-state index contributed by atoms with van der Waals surface area (Å²) in [5.74, 6) is 0. The molecule has 0 unspecified atom stereocenters. The maximum atomic E-state index is 2.51. The van der Waals surface area contributed by atoms with Crippen molar-refractivity contribution in [2.75, 3.05) is 26.2 Å². The molecule has 0 aromatic heterocycles. The summed E-state index contributed by atoms with van der Waals surface area (Å²) < 4.78 is 0. The fourth-order valence-corrected chi connectivity index (χ4v) is 1.69. The van der Waals surface area contributed by atoms with Gasteiger partial charge in [-0.15, -0.1) is 0 Å². The van der Waals surface area contributed by atoms with Crippen LogP contribution in [0.3, 0.4) is 0 Å². The summed E-state index contributed by atoms with van der Waals surface area (Å²) in [6, 6.07) is 0. The number of nitrogens with one attached hydrogen (secondary N) is 1. The predicted octanol–water partition coefficient (Wildman–Crippen LogP) is 0.948. The van der Waals surface area contributed by atoms with Crippen LogP contribution < -0.4 is 5.01 Å². The van der Waals surface area contributed by atoms with Gasteiger partial charge in [0.25, 0.3) is 0 Å². The van der Waals surface area contributed by atoms with Gasteiger partial charge in [0, 0.05) is 13.1 Å². The third kappa shape index (κ3) is 4.07. The molecular weight excluding hydrogens is 148 g/mol. The number of hydrogen-bond donors (Lipinski definition) is 1. The van der Waals surface area contributed by atoms with Crippen molar-refractivity contribution >= 4 is 0 Å². The van der Waals surface area contributed by atoms with E-state index in [2.05, 4.69) is 32.7 Å². The second-order valence-corrected chi connectivity index (χ2v) is 3.24. The zero-order valence-corrected chi connectivity index (χ0v) is 9.19. The van der Waals surface area contributed by atoms with E-state index in [-0.39, 0.29) is 0 Å². The van der Waals surface area contributed by atoms with Crippen LogP contribution in [0.4, 0.5) is 0 Å². The lowest BCUT2D eigenvalue weighted by molar-refractivity contribution is -1.02.